The minimum absolute atomic E-state index is 0.207. The fraction of sp³-hybridized carbons (Fsp3) is 0.222. The van der Waals surface area contributed by atoms with Crippen molar-refractivity contribution in [2.24, 2.45) is 4.40 Å². The fourth-order valence-corrected chi connectivity index (χ4v) is 1.75. The normalized spacial score (nSPS) is 11.9. The monoisotopic (exact) mass is 212 g/mol. The molecule has 0 atom stereocenters. The molecular weight excluding hydrogens is 200 g/mol. The molecule has 0 amide bonds. The van der Waals surface area contributed by atoms with Crippen LogP contribution in [-0.2, 0) is 10.0 Å². The SMILES string of the molecule is CN(C)/C=N\S(=O)(=O)c1ccccc1. The van der Waals surface area contributed by atoms with Crippen molar-refractivity contribution in [1.29, 1.82) is 0 Å². The zero-order valence-corrected chi connectivity index (χ0v) is 8.90. The van der Waals surface area contributed by atoms with Crippen molar-refractivity contribution < 1.29 is 8.42 Å². The van der Waals surface area contributed by atoms with Gasteiger partial charge in [-0.15, -0.1) is 4.40 Å². The van der Waals surface area contributed by atoms with Gasteiger partial charge in [0.2, 0.25) is 0 Å². The summed E-state index contributed by atoms with van der Waals surface area (Å²) in [5.41, 5.74) is 0. The molecule has 0 fully saturated rings. The zero-order valence-electron chi connectivity index (χ0n) is 8.08. The van der Waals surface area contributed by atoms with Crippen LogP contribution in [0.25, 0.3) is 0 Å². The Kier molecular flexibility index (Phi) is 3.24. The van der Waals surface area contributed by atoms with Crippen molar-refractivity contribution >= 4 is 16.4 Å². The van der Waals surface area contributed by atoms with Gasteiger partial charge >= 0.3 is 0 Å². The summed E-state index contributed by atoms with van der Waals surface area (Å²) in [6.07, 6.45) is 1.27. The maximum atomic E-state index is 11.5. The molecule has 1 aromatic rings. The molecule has 0 aliphatic heterocycles. The minimum atomic E-state index is -3.53. The van der Waals surface area contributed by atoms with Gasteiger partial charge < -0.3 is 4.90 Å². The highest BCUT2D eigenvalue weighted by molar-refractivity contribution is 7.90. The maximum Gasteiger partial charge on any atom is 0.283 e. The second kappa shape index (κ2) is 4.23. The molecule has 14 heavy (non-hydrogen) atoms. The van der Waals surface area contributed by atoms with Gasteiger partial charge in [0.25, 0.3) is 10.0 Å². The van der Waals surface area contributed by atoms with Crippen LogP contribution in [0.3, 0.4) is 0 Å². The molecule has 76 valence electrons. The molecule has 4 nitrogen and oxygen atoms in total. The van der Waals surface area contributed by atoms with Gasteiger partial charge in [0.05, 0.1) is 4.90 Å². The Morgan fingerprint density at radius 3 is 2.29 bits per heavy atom. The predicted molar refractivity (Wildman–Crippen MR) is 55.8 cm³/mol. The zero-order chi connectivity index (χ0) is 10.6. The van der Waals surface area contributed by atoms with Crippen LogP contribution in [0, 0.1) is 0 Å². The Labute approximate surface area is 83.9 Å². The van der Waals surface area contributed by atoms with Crippen molar-refractivity contribution in [1.82, 2.24) is 4.90 Å². The third-order valence-electron chi connectivity index (χ3n) is 1.46. The minimum Gasteiger partial charge on any atom is -0.368 e. The van der Waals surface area contributed by atoms with Gasteiger partial charge in [0.1, 0.15) is 6.34 Å². The van der Waals surface area contributed by atoms with E-state index in [2.05, 4.69) is 4.40 Å². The van der Waals surface area contributed by atoms with E-state index in [0.29, 0.717) is 0 Å². The van der Waals surface area contributed by atoms with E-state index in [9.17, 15) is 8.42 Å². The van der Waals surface area contributed by atoms with E-state index < -0.39 is 10.0 Å². The molecule has 0 aliphatic rings. The second-order valence-corrected chi connectivity index (χ2v) is 4.60. The van der Waals surface area contributed by atoms with Gasteiger partial charge in [0.15, 0.2) is 0 Å². The highest BCUT2D eigenvalue weighted by Crippen LogP contribution is 2.10. The van der Waals surface area contributed by atoms with Crippen molar-refractivity contribution in [3.8, 4) is 0 Å². The fourth-order valence-electron chi connectivity index (χ4n) is 0.810. The smallest absolute Gasteiger partial charge is 0.283 e. The van der Waals surface area contributed by atoms with Crippen LogP contribution in [-0.4, -0.2) is 33.8 Å². The van der Waals surface area contributed by atoms with Crippen LogP contribution in [0.5, 0.6) is 0 Å². The first-order valence-corrected chi connectivity index (χ1v) is 5.48. The Balaban J connectivity index is 2.99. The Bertz CT molecular complexity index is 410. The lowest BCUT2D eigenvalue weighted by Gasteiger charge is -2.02. The van der Waals surface area contributed by atoms with Gasteiger partial charge in [-0.2, -0.15) is 8.42 Å². The highest BCUT2D eigenvalue weighted by Gasteiger charge is 2.09. The van der Waals surface area contributed by atoms with E-state index in [0.717, 1.165) is 0 Å². The first kappa shape index (κ1) is 10.7. The molecule has 0 saturated heterocycles. The summed E-state index contributed by atoms with van der Waals surface area (Å²) in [6.45, 7) is 0. The molecule has 0 N–H and O–H groups in total. The molecule has 0 aliphatic carbocycles. The van der Waals surface area contributed by atoms with Crippen molar-refractivity contribution in [3.05, 3.63) is 30.3 Å². The van der Waals surface area contributed by atoms with Gasteiger partial charge in [-0.3, -0.25) is 0 Å². The Morgan fingerprint density at radius 2 is 1.79 bits per heavy atom. The molecule has 1 aromatic carbocycles. The summed E-state index contributed by atoms with van der Waals surface area (Å²) >= 11 is 0. The summed E-state index contributed by atoms with van der Waals surface area (Å²) in [5.74, 6) is 0. The van der Waals surface area contributed by atoms with Crippen molar-refractivity contribution in [3.63, 3.8) is 0 Å². The molecule has 0 saturated carbocycles. The lowest BCUT2D eigenvalue weighted by molar-refractivity contribution is 0.595. The standard InChI is InChI=1S/C9H12N2O2S/c1-11(2)8-10-14(12,13)9-6-4-3-5-7-9/h3-8H,1-2H3/b10-8-. The maximum absolute atomic E-state index is 11.5. The molecule has 0 unspecified atom stereocenters. The summed E-state index contributed by atoms with van der Waals surface area (Å²) in [5, 5.41) is 0. The lowest BCUT2D eigenvalue weighted by Crippen LogP contribution is -2.10. The van der Waals surface area contributed by atoms with E-state index in [1.54, 1.807) is 37.2 Å². The molecule has 0 bridgehead atoms. The van der Waals surface area contributed by atoms with E-state index in [1.807, 2.05) is 0 Å². The van der Waals surface area contributed by atoms with E-state index in [4.69, 9.17) is 0 Å². The number of hydrogen-bond donors (Lipinski definition) is 0. The van der Waals surface area contributed by atoms with E-state index >= 15 is 0 Å². The topological polar surface area (TPSA) is 49.7 Å². The predicted octanol–water partition coefficient (Wildman–Crippen LogP) is 0.965. The molecular formula is C9H12N2O2S. The second-order valence-electron chi connectivity index (χ2n) is 2.97. The van der Waals surface area contributed by atoms with Crippen molar-refractivity contribution in [2.75, 3.05) is 14.1 Å². The number of rotatable bonds is 3. The van der Waals surface area contributed by atoms with Crippen LogP contribution >= 0.6 is 0 Å². The number of nitrogens with zero attached hydrogens (tertiary/aromatic N) is 2. The lowest BCUT2D eigenvalue weighted by atomic mass is 10.4. The first-order valence-electron chi connectivity index (χ1n) is 4.04. The Morgan fingerprint density at radius 1 is 1.21 bits per heavy atom. The third kappa shape index (κ3) is 2.85. The largest absolute Gasteiger partial charge is 0.368 e. The average molecular weight is 212 g/mol. The van der Waals surface area contributed by atoms with Crippen LogP contribution in [0.2, 0.25) is 0 Å². The summed E-state index contributed by atoms with van der Waals surface area (Å²) in [6, 6.07) is 8.12. The summed E-state index contributed by atoms with van der Waals surface area (Å²) < 4.78 is 26.5. The molecule has 1 rings (SSSR count). The molecule has 0 heterocycles. The number of sulfonamides is 1. The first-order chi connectivity index (χ1) is 6.52. The molecule has 0 spiro atoms. The van der Waals surface area contributed by atoms with Gasteiger partial charge in [-0.05, 0) is 12.1 Å². The molecule has 0 radical (unpaired) electrons. The average Bonchev–Trinajstić information content (AvgIpc) is 2.16. The van der Waals surface area contributed by atoms with E-state index in [-0.39, 0.29) is 4.90 Å². The van der Waals surface area contributed by atoms with Gasteiger partial charge in [0, 0.05) is 14.1 Å². The van der Waals surface area contributed by atoms with Gasteiger partial charge in [-0.25, -0.2) is 0 Å². The van der Waals surface area contributed by atoms with Crippen molar-refractivity contribution in [2.45, 2.75) is 4.90 Å². The Hall–Kier alpha value is -1.36. The van der Waals surface area contributed by atoms with E-state index in [1.165, 1.54) is 18.5 Å². The van der Waals surface area contributed by atoms with Crippen LogP contribution < -0.4 is 0 Å². The van der Waals surface area contributed by atoms with Crippen LogP contribution in [0.15, 0.2) is 39.6 Å². The van der Waals surface area contributed by atoms with Crippen LogP contribution in [0.1, 0.15) is 0 Å². The molecule has 0 aromatic heterocycles. The summed E-state index contributed by atoms with van der Waals surface area (Å²) in [4.78, 5) is 1.78. The number of hydrogen-bond acceptors (Lipinski definition) is 2. The van der Waals surface area contributed by atoms with Crippen LogP contribution in [0.4, 0.5) is 0 Å². The summed E-state index contributed by atoms with van der Waals surface area (Å²) in [7, 11) is -0.103. The highest BCUT2D eigenvalue weighted by atomic mass is 32.2. The quantitative estimate of drug-likeness (QED) is 0.554. The number of benzene rings is 1. The third-order valence-corrected chi connectivity index (χ3v) is 2.70. The molecule has 5 heteroatoms. The van der Waals surface area contributed by atoms with Gasteiger partial charge in [-0.1, -0.05) is 18.2 Å².